The van der Waals surface area contributed by atoms with E-state index >= 15 is 0 Å². The lowest BCUT2D eigenvalue weighted by Crippen LogP contribution is -2.32. The molecule has 3 heteroatoms. The van der Waals surface area contributed by atoms with Crippen LogP contribution >= 0.6 is 0 Å². The highest BCUT2D eigenvalue weighted by atomic mass is 16.7. The van der Waals surface area contributed by atoms with E-state index in [1.165, 1.54) is 0 Å². The third-order valence-electron chi connectivity index (χ3n) is 2.43. The summed E-state index contributed by atoms with van der Waals surface area (Å²) in [6.07, 6.45) is 1.11. The molecule has 3 nitrogen and oxygen atoms in total. The molecule has 0 heterocycles. The maximum Gasteiger partial charge on any atom is 0.313 e. The van der Waals surface area contributed by atoms with Crippen LogP contribution in [0.5, 0.6) is 0 Å². The normalized spacial score (nSPS) is 14.1. The highest BCUT2D eigenvalue weighted by molar-refractivity contribution is 5.75. The van der Waals surface area contributed by atoms with Gasteiger partial charge in [-0.25, -0.2) is 0 Å². The van der Waals surface area contributed by atoms with Gasteiger partial charge in [0.1, 0.15) is 0 Å². The quantitative estimate of drug-likeness (QED) is 0.505. The van der Waals surface area contributed by atoms with Crippen LogP contribution < -0.4 is 0 Å². The summed E-state index contributed by atoms with van der Waals surface area (Å²) < 4.78 is 10.8. The Bertz CT molecular complexity index is 197. The highest BCUT2D eigenvalue weighted by Crippen LogP contribution is 2.23. The van der Waals surface area contributed by atoms with Crippen LogP contribution in [0.1, 0.15) is 54.4 Å². The molecule has 0 aromatic heterocycles. The summed E-state index contributed by atoms with van der Waals surface area (Å²) in [7, 11) is 0. The molecule has 0 aromatic rings. The number of rotatable bonds is 6. The largest absolute Gasteiger partial charge is 0.435 e. The van der Waals surface area contributed by atoms with Gasteiger partial charge in [0, 0.05) is 6.42 Å². The molecule has 1 unspecified atom stereocenters. The molecule has 0 amide bonds. The molecule has 0 aliphatic heterocycles. The van der Waals surface area contributed by atoms with Gasteiger partial charge >= 0.3 is 5.97 Å². The second-order valence-electron chi connectivity index (χ2n) is 4.67. The monoisotopic (exact) mass is 216 g/mol. The van der Waals surface area contributed by atoms with E-state index in [4.69, 9.17) is 9.47 Å². The highest BCUT2D eigenvalue weighted by Gasteiger charge is 2.29. The van der Waals surface area contributed by atoms with Gasteiger partial charge in [-0.2, -0.15) is 0 Å². The van der Waals surface area contributed by atoms with Gasteiger partial charge in [0.15, 0.2) is 0 Å². The zero-order chi connectivity index (χ0) is 12.1. The summed E-state index contributed by atoms with van der Waals surface area (Å²) in [6, 6.07) is 0. The van der Waals surface area contributed by atoms with Gasteiger partial charge in [0.05, 0.1) is 11.5 Å². The zero-order valence-electron chi connectivity index (χ0n) is 10.8. The van der Waals surface area contributed by atoms with Crippen LogP contribution in [0.25, 0.3) is 0 Å². The van der Waals surface area contributed by atoms with Crippen molar-refractivity contribution in [2.75, 3.05) is 0 Å². The van der Waals surface area contributed by atoms with Gasteiger partial charge in [-0.3, -0.25) is 4.79 Å². The minimum atomic E-state index is -0.423. The molecule has 0 saturated carbocycles. The van der Waals surface area contributed by atoms with Crippen molar-refractivity contribution < 1.29 is 14.3 Å². The lowest BCUT2D eigenvalue weighted by Gasteiger charge is -2.25. The minimum Gasteiger partial charge on any atom is -0.435 e. The zero-order valence-corrected chi connectivity index (χ0v) is 10.8. The molecule has 0 saturated heterocycles. The number of esters is 1. The lowest BCUT2D eigenvalue weighted by atomic mass is 9.91. The summed E-state index contributed by atoms with van der Waals surface area (Å²) in [5, 5.41) is 0. The number of carbonyl (C=O) groups is 1. The predicted molar refractivity (Wildman–Crippen MR) is 60.5 cm³/mol. The van der Waals surface area contributed by atoms with Crippen molar-refractivity contribution in [1.29, 1.82) is 0 Å². The van der Waals surface area contributed by atoms with Crippen molar-refractivity contribution in [1.82, 2.24) is 0 Å². The first kappa shape index (κ1) is 14.4. The third kappa shape index (κ3) is 5.17. The smallest absolute Gasteiger partial charge is 0.313 e. The Morgan fingerprint density at radius 1 is 1.27 bits per heavy atom. The molecule has 0 fully saturated rings. The van der Waals surface area contributed by atoms with Crippen molar-refractivity contribution in [3.63, 3.8) is 0 Å². The van der Waals surface area contributed by atoms with Crippen molar-refractivity contribution >= 4 is 5.97 Å². The van der Waals surface area contributed by atoms with E-state index in [0.717, 1.165) is 6.42 Å². The van der Waals surface area contributed by atoms with Crippen molar-refractivity contribution in [3.05, 3.63) is 0 Å². The summed E-state index contributed by atoms with van der Waals surface area (Å²) in [5.41, 5.74) is -0.423. The molecular weight excluding hydrogens is 192 g/mol. The standard InChI is InChI=1S/C12H24O3/c1-7-10(14-9(3)4)15-11(13)12(5,6)8-2/h9-10H,7-8H2,1-6H3. The summed E-state index contributed by atoms with van der Waals surface area (Å²) in [4.78, 5) is 11.7. The van der Waals surface area contributed by atoms with E-state index in [2.05, 4.69) is 0 Å². The van der Waals surface area contributed by atoms with Crippen LogP contribution in [0, 0.1) is 5.41 Å². The fraction of sp³-hybridized carbons (Fsp3) is 0.917. The maximum atomic E-state index is 11.7. The Hall–Kier alpha value is -0.570. The molecule has 90 valence electrons. The van der Waals surface area contributed by atoms with Crippen LogP contribution in [0.15, 0.2) is 0 Å². The molecule has 0 N–H and O–H groups in total. The van der Waals surface area contributed by atoms with Crippen molar-refractivity contribution in [3.8, 4) is 0 Å². The SMILES string of the molecule is CCC(OC(=O)C(C)(C)CC)OC(C)C. The number of ether oxygens (including phenoxy) is 2. The Morgan fingerprint density at radius 2 is 1.80 bits per heavy atom. The minimum absolute atomic E-state index is 0.0764. The van der Waals surface area contributed by atoms with Crippen molar-refractivity contribution in [2.24, 2.45) is 5.41 Å². The van der Waals surface area contributed by atoms with Crippen LogP contribution in [-0.2, 0) is 14.3 Å². The first-order valence-electron chi connectivity index (χ1n) is 5.70. The van der Waals surface area contributed by atoms with Crippen molar-refractivity contribution in [2.45, 2.75) is 66.8 Å². The Morgan fingerprint density at radius 3 is 2.13 bits per heavy atom. The van der Waals surface area contributed by atoms with Gasteiger partial charge in [0.25, 0.3) is 0 Å². The van der Waals surface area contributed by atoms with Crippen LogP contribution in [0.2, 0.25) is 0 Å². The second-order valence-corrected chi connectivity index (χ2v) is 4.67. The van der Waals surface area contributed by atoms with E-state index in [1.54, 1.807) is 0 Å². The van der Waals surface area contributed by atoms with Gasteiger partial charge in [-0.1, -0.05) is 13.8 Å². The second kappa shape index (κ2) is 6.11. The Balaban J connectivity index is 4.24. The van der Waals surface area contributed by atoms with E-state index in [0.29, 0.717) is 6.42 Å². The van der Waals surface area contributed by atoms with Gasteiger partial charge in [-0.15, -0.1) is 0 Å². The Labute approximate surface area is 93.1 Å². The first-order valence-corrected chi connectivity index (χ1v) is 5.70. The number of hydrogen-bond acceptors (Lipinski definition) is 3. The average molecular weight is 216 g/mol. The average Bonchev–Trinajstić information content (AvgIpc) is 2.15. The van der Waals surface area contributed by atoms with E-state index < -0.39 is 11.7 Å². The molecule has 0 aliphatic carbocycles. The van der Waals surface area contributed by atoms with Gasteiger partial charge in [0.2, 0.25) is 6.29 Å². The van der Waals surface area contributed by atoms with E-state index in [-0.39, 0.29) is 12.1 Å². The predicted octanol–water partition coefficient (Wildman–Crippen LogP) is 3.13. The van der Waals surface area contributed by atoms with Gasteiger partial charge < -0.3 is 9.47 Å². The summed E-state index contributed by atoms with van der Waals surface area (Å²) in [6.45, 7) is 11.6. The molecular formula is C12H24O3. The maximum absolute atomic E-state index is 11.7. The molecule has 1 atom stereocenters. The summed E-state index contributed by atoms with van der Waals surface area (Å²) >= 11 is 0. The van der Waals surface area contributed by atoms with Crippen LogP contribution in [-0.4, -0.2) is 18.4 Å². The number of carbonyl (C=O) groups excluding carboxylic acids is 1. The molecule has 0 rings (SSSR count). The molecule has 0 radical (unpaired) electrons. The number of hydrogen-bond donors (Lipinski definition) is 0. The fourth-order valence-electron chi connectivity index (χ4n) is 0.934. The van der Waals surface area contributed by atoms with Gasteiger partial charge in [-0.05, 0) is 34.1 Å². The molecule has 0 aromatic carbocycles. The van der Waals surface area contributed by atoms with Crippen LogP contribution in [0.3, 0.4) is 0 Å². The Kier molecular flexibility index (Phi) is 5.88. The lowest BCUT2D eigenvalue weighted by molar-refractivity contribution is -0.196. The molecule has 0 aliphatic rings. The topological polar surface area (TPSA) is 35.5 Å². The first-order chi connectivity index (χ1) is 6.83. The molecule has 0 spiro atoms. The molecule has 0 bridgehead atoms. The fourth-order valence-corrected chi connectivity index (χ4v) is 0.934. The van der Waals surface area contributed by atoms with E-state index in [1.807, 2.05) is 41.5 Å². The summed E-state index contributed by atoms with van der Waals surface area (Å²) in [5.74, 6) is -0.183. The van der Waals surface area contributed by atoms with E-state index in [9.17, 15) is 4.79 Å². The molecule has 15 heavy (non-hydrogen) atoms. The third-order valence-corrected chi connectivity index (χ3v) is 2.43. The van der Waals surface area contributed by atoms with Crippen LogP contribution in [0.4, 0.5) is 0 Å².